The highest BCUT2D eigenvalue weighted by atomic mass is 15.0. The van der Waals surface area contributed by atoms with Crippen molar-refractivity contribution in [1.29, 1.82) is 0 Å². The molecule has 0 saturated heterocycles. The molecule has 0 fully saturated rings. The molecule has 55 heavy (non-hydrogen) atoms. The van der Waals surface area contributed by atoms with E-state index in [1.54, 1.807) is 0 Å². The summed E-state index contributed by atoms with van der Waals surface area (Å²) < 4.78 is 0. The SMILES string of the molecule is C1=C2C(=CCC1)C1(c3ccccc32)c2ccccc2-c2ccc(-c3nc(-c4cccc(-c5ccccc5)c4)nc(-c4cccc(-c5ccccc5)c4)n3)cc21. The van der Waals surface area contributed by atoms with E-state index in [4.69, 9.17) is 15.0 Å². The molecule has 258 valence electrons. The zero-order chi connectivity index (χ0) is 36.3. The van der Waals surface area contributed by atoms with Crippen molar-refractivity contribution >= 4 is 5.57 Å². The summed E-state index contributed by atoms with van der Waals surface area (Å²) >= 11 is 0. The topological polar surface area (TPSA) is 38.7 Å². The third-order valence-corrected chi connectivity index (χ3v) is 11.6. The fourth-order valence-corrected chi connectivity index (χ4v) is 9.17. The van der Waals surface area contributed by atoms with Crippen LogP contribution >= 0.6 is 0 Å². The van der Waals surface area contributed by atoms with Crippen molar-refractivity contribution in [3.8, 4) is 67.5 Å². The van der Waals surface area contributed by atoms with Gasteiger partial charge in [-0.1, -0.05) is 170 Å². The Balaban J connectivity index is 1.13. The predicted octanol–water partition coefficient (Wildman–Crippen LogP) is 12.6. The van der Waals surface area contributed by atoms with Gasteiger partial charge in [-0.15, -0.1) is 0 Å². The van der Waals surface area contributed by atoms with Gasteiger partial charge in [0.1, 0.15) is 0 Å². The summed E-state index contributed by atoms with van der Waals surface area (Å²) in [5, 5.41) is 0. The second-order valence-corrected chi connectivity index (χ2v) is 14.6. The van der Waals surface area contributed by atoms with Gasteiger partial charge in [0.2, 0.25) is 0 Å². The molecular formula is C52H35N3. The van der Waals surface area contributed by atoms with Gasteiger partial charge in [-0.3, -0.25) is 0 Å². The molecule has 3 nitrogen and oxygen atoms in total. The Morgan fingerprint density at radius 2 is 0.782 bits per heavy atom. The third kappa shape index (κ3) is 4.93. The fourth-order valence-electron chi connectivity index (χ4n) is 9.17. The van der Waals surface area contributed by atoms with Crippen LogP contribution in [0.25, 0.3) is 73.1 Å². The molecular weight excluding hydrogens is 667 g/mol. The van der Waals surface area contributed by atoms with E-state index in [-0.39, 0.29) is 0 Å². The number of hydrogen-bond donors (Lipinski definition) is 0. The van der Waals surface area contributed by atoms with Gasteiger partial charge in [0, 0.05) is 16.7 Å². The van der Waals surface area contributed by atoms with Crippen LogP contribution in [0.4, 0.5) is 0 Å². The smallest absolute Gasteiger partial charge is 0.164 e. The normalized spacial score (nSPS) is 16.1. The number of benzene rings is 7. The van der Waals surface area contributed by atoms with Crippen molar-refractivity contribution in [2.45, 2.75) is 18.3 Å². The highest BCUT2D eigenvalue weighted by molar-refractivity contribution is 6.00. The molecule has 0 saturated carbocycles. The number of rotatable bonds is 5. The highest BCUT2D eigenvalue weighted by Gasteiger charge is 2.53. The van der Waals surface area contributed by atoms with E-state index in [9.17, 15) is 0 Å². The average Bonchev–Trinajstić information content (AvgIpc) is 3.74. The zero-order valence-corrected chi connectivity index (χ0v) is 30.2. The van der Waals surface area contributed by atoms with Crippen molar-refractivity contribution in [3.63, 3.8) is 0 Å². The van der Waals surface area contributed by atoms with Crippen molar-refractivity contribution in [2.24, 2.45) is 0 Å². The largest absolute Gasteiger partial charge is 0.208 e. The molecule has 11 rings (SSSR count). The van der Waals surface area contributed by atoms with Gasteiger partial charge < -0.3 is 0 Å². The van der Waals surface area contributed by atoms with E-state index in [0.717, 1.165) is 51.8 Å². The summed E-state index contributed by atoms with van der Waals surface area (Å²) in [6, 6.07) is 62.9. The third-order valence-electron chi connectivity index (χ3n) is 11.6. The maximum absolute atomic E-state index is 5.28. The molecule has 3 heteroatoms. The number of hydrogen-bond acceptors (Lipinski definition) is 3. The molecule has 3 aliphatic carbocycles. The second-order valence-electron chi connectivity index (χ2n) is 14.6. The standard InChI is InChI=1S/C52H35N3/c1-3-15-34(16-4-1)36-19-13-21-38(31-36)49-53-50(39-22-14-20-37(32-39)35-17-5-2-6-18-35)55-51(54-49)40-29-30-44-43-25-9-12-28-47(43)52(48(44)33-40)45-26-10-7-23-41(45)42-24-8-11-27-46(42)52/h1-7,9-10,12-33H,8,11H2. The van der Waals surface area contributed by atoms with Crippen LogP contribution in [0.5, 0.6) is 0 Å². The first kappa shape index (κ1) is 31.5. The Kier molecular flexibility index (Phi) is 7.21. The Hall–Kier alpha value is -6.97. The van der Waals surface area contributed by atoms with E-state index in [2.05, 4.69) is 176 Å². The van der Waals surface area contributed by atoms with Crippen LogP contribution in [-0.4, -0.2) is 15.0 Å². The Bertz CT molecular complexity index is 2770. The lowest BCUT2D eigenvalue weighted by Crippen LogP contribution is -2.26. The summed E-state index contributed by atoms with van der Waals surface area (Å²) in [4.78, 5) is 15.8. The van der Waals surface area contributed by atoms with Gasteiger partial charge in [-0.05, 0) is 97.8 Å². The fraction of sp³-hybridized carbons (Fsp3) is 0.0577. The van der Waals surface area contributed by atoms with Crippen molar-refractivity contribution in [2.75, 3.05) is 0 Å². The van der Waals surface area contributed by atoms with Crippen molar-refractivity contribution in [1.82, 2.24) is 15.0 Å². The molecule has 8 aromatic rings. The van der Waals surface area contributed by atoms with E-state index < -0.39 is 5.41 Å². The summed E-state index contributed by atoms with van der Waals surface area (Å²) in [7, 11) is 0. The molecule has 7 aromatic carbocycles. The van der Waals surface area contributed by atoms with Gasteiger partial charge in [0.25, 0.3) is 0 Å². The van der Waals surface area contributed by atoms with Crippen LogP contribution in [0.1, 0.15) is 35.1 Å². The lowest BCUT2D eigenvalue weighted by molar-refractivity contribution is 0.782. The van der Waals surface area contributed by atoms with Crippen LogP contribution in [0.3, 0.4) is 0 Å². The number of allylic oxidation sites excluding steroid dienone is 4. The number of nitrogens with zero attached hydrogens (tertiary/aromatic N) is 3. The first-order chi connectivity index (χ1) is 27.3. The second kappa shape index (κ2) is 12.6. The summed E-state index contributed by atoms with van der Waals surface area (Å²) in [5.41, 5.74) is 17.7. The maximum Gasteiger partial charge on any atom is 0.164 e. The van der Waals surface area contributed by atoms with E-state index in [1.807, 2.05) is 12.1 Å². The minimum Gasteiger partial charge on any atom is -0.208 e. The predicted molar refractivity (Wildman–Crippen MR) is 224 cm³/mol. The first-order valence-corrected chi connectivity index (χ1v) is 19.1. The Morgan fingerprint density at radius 1 is 0.327 bits per heavy atom. The van der Waals surface area contributed by atoms with Gasteiger partial charge in [0.15, 0.2) is 17.5 Å². The number of aromatic nitrogens is 3. The van der Waals surface area contributed by atoms with Gasteiger partial charge in [-0.2, -0.15) is 0 Å². The summed E-state index contributed by atoms with van der Waals surface area (Å²) in [5.74, 6) is 1.95. The molecule has 1 atom stereocenters. The van der Waals surface area contributed by atoms with Crippen molar-refractivity contribution < 1.29 is 0 Å². The molecule has 1 spiro atoms. The summed E-state index contributed by atoms with van der Waals surface area (Å²) in [6.07, 6.45) is 7.04. The van der Waals surface area contributed by atoms with E-state index in [1.165, 1.54) is 44.5 Å². The highest BCUT2D eigenvalue weighted by Crippen LogP contribution is 2.64. The lowest BCUT2D eigenvalue weighted by atomic mass is 9.69. The van der Waals surface area contributed by atoms with Crippen LogP contribution < -0.4 is 0 Å². The van der Waals surface area contributed by atoms with Crippen LogP contribution in [0.2, 0.25) is 0 Å². The van der Waals surface area contributed by atoms with E-state index >= 15 is 0 Å². The molecule has 0 bridgehead atoms. The molecule has 0 N–H and O–H groups in total. The summed E-state index contributed by atoms with van der Waals surface area (Å²) in [6.45, 7) is 0. The monoisotopic (exact) mass is 701 g/mol. The Labute approximate surface area is 321 Å². The molecule has 0 radical (unpaired) electrons. The first-order valence-electron chi connectivity index (χ1n) is 19.1. The molecule has 0 amide bonds. The molecule has 1 unspecified atom stereocenters. The molecule has 1 heterocycles. The number of fused-ring (bicyclic) bond motifs is 10. The quantitative estimate of drug-likeness (QED) is 0.179. The van der Waals surface area contributed by atoms with E-state index in [0.29, 0.717) is 17.5 Å². The van der Waals surface area contributed by atoms with Crippen LogP contribution in [0.15, 0.2) is 194 Å². The lowest BCUT2D eigenvalue weighted by Gasteiger charge is -2.32. The van der Waals surface area contributed by atoms with Crippen LogP contribution in [-0.2, 0) is 5.41 Å². The molecule has 3 aliphatic rings. The maximum atomic E-state index is 5.28. The Morgan fingerprint density at radius 3 is 1.40 bits per heavy atom. The van der Waals surface area contributed by atoms with Gasteiger partial charge >= 0.3 is 0 Å². The van der Waals surface area contributed by atoms with Gasteiger partial charge in [-0.25, -0.2) is 15.0 Å². The molecule has 1 aromatic heterocycles. The van der Waals surface area contributed by atoms with Crippen molar-refractivity contribution in [3.05, 3.63) is 216 Å². The minimum absolute atomic E-state index is 0.405. The minimum atomic E-state index is -0.405. The molecule has 0 aliphatic heterocycles. The zero-order valence-electron chi connectivity index (χ0n) is 30.2. The average molecular weight is 702 g/mol. The van der Waals surface area contributed by atoms with Crippen LogP contribution in [0, 0.1) is 0 Å². The van der Waals surface area contributed by atoms with Gasteiger partial charge in [0.05, 0.1) is 5.41 Å².